The van der Waals surface area contributed by atoms with Crippen molar-refractivity contribution < 1.29 is 30.0 Å². The molecule has 0 saturated heterocycles. The fourth-order valence-corrected chi connectivity index (χ4v) is 12.4. The lowest BCUT2D eigenvalue weighted by molar-refractivity contribution is -0.138. The number of carbonyl (C=O) groups is 2. The molecule has 0 spiro atoms. The first kappa shape index (κ1) is 62.9. The van der Waals surface area contributed by atoms with E-state index in [0.717, 1.165) is 106 Å². The van der Waals surface area contributed by atoms with Crippen LogP contribution in [0.1, 0.15) is 123 Å². The fraction of sp³-hybridized carbons (Fsp3) is 0.433. The van der Waals surface area contributed by atoms with Gasteiger partial charge in [-0.05, 0) is 235 Å². The largest absolute Gasteiger partial charge is 0.481 e. The maximum absolute atomic E-state index is 11.8. The molecule has 0 radical (unpaired) electrons. The number of benzene rings is 6. The van der Waals surface area contributed by atoms with E-state index in [9.17, 15) is 30.0 Å². The first-order chi connectivity index (χ1) is 37.6. The summed E-state index contributed by atoms with van der Waals surface area (Å²) in [5.41, 5.74) is 14.7. The molecule has 10 nitrogen and oxygen atoms in total. The molecule has 6 N–H and O–H groups in total. The molecule has 0 unspecified atom stereocenters. The second kappa shape index (κ2) is 30.5. The van der Waals surface area contributed by atoms with E-state index in [4.69, 9.17) is 0 Å². The average Bonchev–Trinajstić information content (AvgIpc) is 3.43. The van der Waals surface area contributed by atoms with Crippen LogP contribution in [-0.2, 0) is 48.1 Å². The predicted molar refractivity (Wildman–Crippen MR) is 329 cm³/mol. The molecule has 6 aromatic carbocycles. The highest BCUT2D eigenvalue weighted by Crippen LogP contribution is 2.35. The van der Waals surface area contributed by atoms with Crippen LogP contribution in [0.5, 0.6) is 0 Å². The van der Waals surface area contributed by atoms with Gasteiger partial charge < -0.3 is 31.1 Å². The van der Waals surface area contributed by atoms with Crippen molar-refractivity contribution in [2.45, 2.75) is 159 Å². The van der Waals surface area contributed by atoms with Crippen molar-refractivity contribution in [2.75, 3.05) is 40.3 Å². The molecule has 0 fully saturated rings. The number of aliphatic carboxylic acids is 2. The molecule has 0 amide bonds. The van der Waals surface area contributed by atoms with Gasteiger partial charge in [0.1, 0.15) is 0 Å². The minimum atomic E-state index is -0.810. The second-order valence-electron chi connectivity index (χ2n) is 22.9. The van der Waals surface area contributed by atoms with Crippen LogP contribution in [-0.4, -0.2) is 105 Å². The summed E-state index contributed by atoms with van der Waals surface area (Å²) in [6.07, 6.45) is 7.56. The Morgan fingerprint density at radius 2 is 1.14 bits per heavy atom. The average molecular weight is 1110 g/mol. The van der Waals surface area contributed by atoms with E-state index in [0.29, 0.717) is 39.0 Å². The van der Waals surface area contributed by atoms with Crippen molar-refractivity contribution >= 4 is 35.8 Å². The summed E-state index contributed by atoms with van der Waals surface area (Å²) >= 11 is 3.26. The quantitative estimate of drug-likeness (QED) is 0.0218. The van der Waals surface area contributed by atoms with Crippen LogP contribution in [0.25, 0.3) is 22.3 Å². The van der Waals surface area contributed by atoms with Gasteiger partial charge in [0.15, 0.2) is 0 Å². The summed E-state index contributed by atoms with van der Waals surface area (Å²) in [5, 5.41) is 48.5. The van der Waals surface area contributed by atoms with Crippen LogP contribution >= 0.6 is 23.9 Å². The van der Waals surface area contributed by atoms with Gasteiger partial charge in [-0.2, -0.15) is 0 Å². The van der Waals surface area contributed by atoms with Crippen molar-refractivity contribution in [3.63, 3.8) is 0 Å². The van der Waals surface area contributed by atoms with E-state index in [1.165, 1.54) is 27.8 Å². The van der Waals surface area contributed by atoms with E-state index < -0.39 is 24.1 Å². The number of carboxylic acids is 2. The number of likely N-dealkylation sites (N-methyl/N-ethyl adjacent to an activating group) is 2. The van der Waals surface area contributed by atoms with Crippen LogP contribution in [0.2, 0.25) is 0 Å². The predicted octanol–water partition coefficient (Wildman–Crippen LogP) is 13.2. The Bertz CT molecular complexity index is 2910. The van der Waals surface area contributed by atoms with Crippen LogP contribution in [0.3, 0.4) is 0 Å². The van der Waals surface area contributed by atoms with Crippen LogP contribution in [0.4, 0.5) is 0 Å². The molecule has 0 aliphatic heterocycles. The van der Waals surface area contributed by atoms with Crippen molar-refractivity contribution in [1.29, 1.82) is 0 Å². The summed E-state index contributed by atoms with van der Waals surface area (Å²) in [5.74, 6) is -1.61. The molecule has 0 aliphatic rings. The maximum Gasteiger partial charge on any atom is 0.303 e. The molecule has 0 saturated carbocycles. The molecule has 424 valence electrons. The maximum atomic E-state index is 11.8. The fourth-order valence-electron chi connectivity index (χ4n) is 10.4. The Kier molecular flexibility index (Phi) is 24.3. The lowest BCUT2D eigenvalue weighted by Crippen LogP contribution is -2.45. The van der Waals surface area contributed by atoms with Gasteiger partial charge in [0, 0.05) is 59.9 Å². The van der Waals surface area contributed by atoms with Crippen molar-refractivity contribution in [3.05, 3.63) is 177 Å². The number of hydrogen-bond acceptors (Lipinski definition) is 10. The SMILES string of the molecule is CCc1cc(-c2cc(Cc3ccccc3CCCC(C)(C)NC[C@@H](O)CN(C)Sc3ccc(-c4cc(C)ccc4CCC(=O)O)c(C)c3)ccc2CCC(=O)O)ccc1SN(C)C[C@H](O)CNC(C)(C)CCCc1ccccc1. The number of hydrogen-bond donors (Lipinski definition) is 6. The van der Waals surface area contributed by atoms with E-state index >= 15 is 0 Å². The third-order valence-electron chi connectivity index (χ3n) is 14.9. The number of nitrogens with zero attached hydrogens (tertiary/aromatic N) is 2. The lowest BCUT2D eigenvalue weighted by Gasteiger charge is -2.29. The standard InChI is InChI=1S/C67H88N4O6S2/c1-10-51-42-56(28-33-63(51)79-71(9)46-58(73)44-68-66(4,5)36-16-20-49-18-12-11-13-19-49)61-41-50(25-27-53(61)29-34-64(74)75)40-55-22-15-14-21-52(55)23-17-37-67(6,7)69-43-57(72)45-70(8)78-59-31-32-60(48(3)39-59)62-38-47(2)24-26-54(62)30-35-65(76)77/h11-15,18-19,21-22,24-28,31-33,38-39,41-42,57-58,68-69,72-73H,10,16-17,20,23,29-30,34-37,40,43-46H2,1-9H3,(H,74,75)(H,76,77)/t57-,58-/m1/s1. The molecule has 79 heavy (non-hydrogen) atoms. The number of aliphatic hydroxyl groups is 2. The van der Waals surface area contributed by atoms with E-state index in [-0.39, 0.29) is 23.9 Å². The van der Waals surface area contributed by atoms with E-state index in [1.54, 1.807) is 23.9 Å². The number of rotatable bonds is 33. The molecular weight excluding hydrogens is 1020 g/mol. The topological polar surface area (TPSA) is 146 Å². The Balaban J connectivity index is 1.01. The summed E-state index contributed by atoms with van der Waals surface area (Å²) < 4.78 is 4.19. The highest BCUT2D eigenvalue weighted by molar-refractivity contribution is 7.97. The Labute approximate surface area is 481 Å². The summed E-state index contributed by atoms with van der Waals surface area (Å²) in [4.78, 5) is 25.4. The molecular formula is C67H88N4O6S2. The first-order valence-electron chi connectivity index (χ1n) is 28.3. The van der Waals surface area contributed by atoms with Gasteiger partial charge in [-0.25, -0.2) is 8.61 Å². The monoisotopic (exact) mass is 1110 g/mol. The third-order valence-corrected chi connectivity index (χ3v) is 16.8. The molecule has 0 aliphatic carbocycles. The van der Waals surface area contributed by atoms with Gasteiger partial charge in [-0.3, -0.25) is 9.59 Å². The Morgan fingerprint density at radius 3 is 1.76 bits per heavy atom. The van der Waals surface area contributed by atoms with Gasteiger partial charge in [0.25, 0.3) is 0 Å². The molecule has 0 aromatic heterocycles. The lowest BCUT2D eigenvalue weighted by atomic mass is 9.89. The summed E-state index contributed by atoms with van der Waals surface area (Å²) in [7, 11) is 4.03. The summed E-state index contributed by atoms with van der Waals surface area (Å²) in [6, 6.07) is 45.0. The van der Waals surface area contributed by atoms with Gasteiger partial charge in [-0.1, -0.05) is 116 Å². The van der Waals surface area contributed by atoms with E-state index in [1.807, 2.05) is 26.2 Å². The van der Waals surface area contributed by atoms with Crippen LogP contribution in [0, 0.1) is 13.8 Å². The highest BCUT2D eigenvalue weighted by atomic mass is 32.2. The van der Waals surface area contributed by atoms with Crippen LogP contribution in [0.15, 0.2) is 137 Å². The molecule has 0 bridgehead atoms. The van der Waals surface area contributed by atoms with Crippen molar-refractivity contribution in [3.8, 4) is 22.3 Å². The van der Waals surface area contributed by atoms with Crippen LogP contribution < -0.4 is 10.6 Å². The molecule has 0 heterocycles. The zero-order valence-corrected chi connectivity index (χ0v) is 50.0. The smallest absolute Gasteiger partial charge is 0.303 e. The van der Waals surface area contributed by atoms with E-state index in [2.05, 4.69) is 183 Å². The zero-order valence-electron chi connectivity index (χ0n) is 48.4. The van der Waals surface area contributed by atoms with Crippen molar-refractivity contribution in [2.24, 2.45) is 0 Å². The van der Waals surface area contributed by atoms with Gasteiger partial charge >= 0.3 is 11.9 Å². The van der Waals surface area contributed by atoms with Gasteiger partial charge in [-0.15, -0.1) is 0 Å². The number of aryl methyl sites for hydroxylation is 7. The molecule has 6 rings (SSSR count). The van der Waals surface area contributed by atoms with Gasteiger partial charge in [0.05, 0.1) is 12.2 Å². The Hall–Kier alpha value is -5.28. The number of nitrogens with one attached hydrogen (secondary N) is 2. The van der Waals surface area contributed by atoms with Gasteiger partial charge in [0.2, 0.25) is 0 Å². The zero-order chi connectivity index (χ0) is 57.1. The molecule has 12 heteroatoms. The minimum Gasteiger partial charge on any atom is -0.481 e. The molecule has 6 aromatic rings. The Morgan fingerprint density at radius 1 is 0.557 bits per heavy atom. The number of carboxylic acid groups (broad SMARTS) is 2. The number of β-amino-alcohol motifs (C(OH)–C–C–N with tert-alkyl or cyclic N) is 2. The molecule has 2 atom stereocenters. The minimum absolute atomic E-state index is 0.0591. The normalized spacial score (nSPS) is 12.8. The summed E-state index contributed by atoms with van der Waals surface area (Å²) in [6.45, 7) is 17.1. The number of aliphatic hydroxyl groups excluding tert-OH is 2. The first-order valence-corrected chi connectivity index (χ1v) is 29.8. The van der Waals surface area contributed by atoms with Crippen molar-refractivity contribution in [1.82, 2.24) is 19.2 Å². The second-order valence-corrected chi connectivity index (χ2v) is 25.4. The highest BCUT2D eigenvalue weighted by Gasteiger charge is 2.22. The third kappa shape index (κ3) is 21.0.